The zero-order valence-corrected chi connectivity index (χ0v) is 19.9. The van der Waals surface area contributed by atoms with Crippen LogP contribution >= 0.6 is 0 Å². The Morgan fingerprint density at radius 2 is 1.71 bits per heavy atom. The van der Waals surface area contributed by atoms with Crippen LogP contribution in [0.15, 0.2) is 77.7 Å². The van der Waals surface area contributed by atoms with Crippen LogP contribution in [0.3, 0.4) is 0 Å². The van der Waals surface area contributed by atoms with Crippen molar-refractivity contribution in [1.82, 2.24) is 4.31 Å². The van der Waals surface area contributed by atoms with Gasteiger partial charge in [0.25, 0.3) is 0 Å². The third kappa shape index (κ3) is 5.11. The van der Waals surface area contributed by atoms with Crippen molar-refractivity contribution in [3.63, 3.8) is 0 Å². The van der Waals surface area contributed by atoms with E-state index in [1.165, 1.54) is 16.4 Å². The lowest BCUT2D eigenvalue weighted by Crippen LogP contribution is -2.43. The van der Waals surface area contributed by atoms with Crippen molar-refractivity contribution < 1.29 is 27.4 Å². The SMILES string of the molecule is O=C(Nc1ccc(OCc2ccccc2)cc1)C1CCCN1S(=O)(=O)c1ccc2c(c1)OCCO2. The predicted octanol–water partition coefficient (Wildman–Crippen LogP) is 3.83. The summed E-state index contributed by atoms with van der Waals surface area (Å²) >= 11 is 0. The van der Waals surface area contributed by atoms with Gasteiger partial charge >= 0.3 is 0 Å². The fourth-order valence-corrected chi connectivity index (χ4v) is 5.88. The van der Waals surface area contributed by atoms with Gasteiger partial charge in [-0.2, -0.15) is 4.31 Å². The summed E-state index contributed by atoms with van der Waals surface area (Å²) < 4.78 is 44.8. The minimum atomic E-state index is -3.88. The van der Waals surface area contributed by atoms with E-state index in [0.717, 1.165) is 5.56 Å². The number of sulfonamides is 1. The summed E-state index contributed by atoms with van der Waals surface area (Å²) in [5, 5.41) is 2.84. The van der Waals surface area contributed by atoms with E-state index in [4.69, 9.17) is 14.2 Å². The molecular weight excluding hydrogens is 468 g/mol. The van der Waals surface area contributed by atoms with E-state index >= 15 is 0 Å². The van der Waals surface area contributed by atoms with Gasteiger partial charge in [-0.3, -0.25) is 4.79 Å². The summed E-state index contributed by atoms with van der Waals surface area (Å²) in [6.07, 6.45) is 1.06. The maximum Gasteiger partial charge on any atom is 0.243 e. The number of amides is 1. The lowest BCUT2D eigenvalue weighted by Gasteiger charge is -2.24. The molecule has 8 nitrogen and oxygen atoms in total. The molecule has 1 amide bonds. The first-order valence-electron chi connectivity index (χ1n) is 11.5. The van der Waals surface area contributed by atoms with Gasteiger partial charge < -0.3 is 19.5 Å². The molecule has 0 spiro atoms. The number of fused-ring (bicyclic) bond motifs is 1. The van der Waals surface area contributed by atoms with Crippen molar-refractivity contribution in [1.29, 1.82) is 0 Å². The first-order chi connectivity index (χ1) is 17.0. The van der Waals surface area contributed by atoms with Gasteiger partial charge in [0, 0.05) is 18.3 Å². The number of hydrogen-bond donors (Lipinski definition) is 1. The topological polar surface area (TPSA) is 94.2 Å². The number of benzene rings is 3. The highest BCUT2D eigenvalue weighted by molar-refractivity contribution is 7.89. The number of ether oxygens (including phenoxy) is 3. The van der Waals surface area contributed by atoms with Gasteiger partial charge in [-0.15, -0.1) is 0 Å². The molecule has 2 aliphatic heterocycles. The highest BCUT2D eigenvalue weighted by Gasteiger charge is 2.40. The van der Waals surface area contributed by atoms with Crippen LogP contribution in [0.2, 0.25) is 0 Å². The molecule has 2 heterocycles. The van der Waals surface area contributed by atoms with Crippen molar-refractivity contribution in [2.45, 2.75) is 30.4 Å². The van der Waals surface area contributed by atoms with Crippen LogP contribution in [0.1, 0.15) is 18.4 Å². The Morgan fingerprint density at radius 1 is 0.971 bits per heavy atom. The summed E-state index contributed by atoms with van der Waals surface area (Å²) in [6, 6.07) is 20.6. The highest BCUT2D eigenvalue weighted by Crippen LogP contribution is 2.35. The van der Waals surface area contributed by atoms with Gasteiger partial charge in [0.05, 0.1) is 4.90 Å². The third-order valence-electron chi connectivity index (χ3n) is 6.00. The normalized spacial score (nSPS) is 17.7. The minimum Gasteiger partial charge on any atom is -0.489 e. The number of hydrogen-bond acceptors (Lipinski definition) is 6. The zero-order valence-electron chi connectivity index (χ0n) is 19.1. The summed E-state index contributed by atoms with van der Waals surface area (Å²) in [7, 11) is -3.88. The molecule has 0 bridgehead atoms. The van der Waals surface area contributed by atoms with Gasteiger partial charge in [-0.1, -0.05) is 30.3 Å². The summed E-state index contributed by atoms with van der Waals surface area (Å²) in [6.45, 7) is 1.51. The molecule has 2 aliphatic rings. The maximum atomic E-state index is 13.4. The first kappa shape index (κ1) is 23.2. The Hall–Kier alpha value is -3.56. The molecule has 3 aromatic rings. The number of rotatable bonds is 7. The van der Waals surface area contributed by atoms with Crippen molar-refractivity contribution in [3.05, 3.63) is 78.4 Å². The molecule has 1 atom stereocenters. The molecule has 1 fully saturated rings. The summed E-state index contributed by atoms with van der Waals surface area (Å²) in [4.78, 5) is 13.1. The maximum absolute atomic E-state index is 13.4. The first-order valence-corrected chi connectivity index (χ1v) is 12.9. The van der Waals surface area contributed by atoms with Gasteiger partial charge in [-0.25, -0.2) is 8.42 Å². The number of nitrogens with zero attached hydrogens (tertiary/aromatic N) is 1. The smallest absolute Gasteiger partial charge is 0.243 e. The molecule has 0 aromatic heterocycles. The second-order valence-electron chi connectivity index (χ2n) is 8.37. The van der Waals surface area contributed by atoms with E-state index in [2.05, 4.69) is 5.32 Å². The fourth-order valence-electron chi connectivity index (χ4n) is 4.21. The van der Waals surface area contributed by atoms with Crippen molar-refractivity contribution in [3.8, 4) is 17.2 Å². The Balaban J connectivity index is 1.24. The number of carbonyl (C=O) groups excluding carboxylic acids is 1. The standard InChI is InChI=1S/C26H26N2O6S/c29-26(27-20-8-10-21(11-9-20)34-18-19-5-2-1-3-6-19)23-7-4-14-28(23)35(30,31)22-12-13-24-25(17-22)33-16-15-32-24/h1-3,5-6,8-13,17,23H,4,7,14-16,18H2,(H,27,29). The fraction of sp³-hybridized carbons (Fsp3) is 0.269. The molecule has 1 unspecified atom stereocenters. The molecule has 182 valence electrons. The average molecular weight is 495 g/mol. The molecule has 0 radical (unpaired) electrons. The van der Waals surface area contributed by atoms with E-state index in [1.54, 1.807) is 30.3 Å². The monoisotopic (exact) mass is 494 g/mol. The molecule has 5 rings (SSSR count). The van der Waals surface area contributed by atoms with Crippen LogP contribution in [0.4, 0.5) is 5.69 Å². The molecule has 35 heavy (non-hydrogen) atoms. The van der Waals surface area contributed by atoms with Crippen LogP contribution in [0, 0.1) is 0 Å². The van der Waals surface area contributed by atoms with Crippen molar-refractivity contribution >= 4 is 21.6 Å². The molecule has 0 saturated carbocycles. The van der Waals surface area contributed by atoms with Gasteiger partial charge in [0.15, 0.2) is 11.5 Å². The van der Waals surface area contributed by atoms with Crippen molar-refractivity contribution in [2.75, 3.05) is 25.1 Å². The summed E-state index contributed by atoms with van der Waals surface area (Å²) in [5.74, 6) is 1.23. The highest BCUT2D eigenvalue weighted by atomic mass is 32.2. The molecule has 9 heteroatoms. The van der Waals surface area contributed by atoms with E-state index < -0.39 is 16.1 Å². The van der Waals surface area contributed by atoms with E-state index in [-0.39, 0.29) is 17.3 Å². The van der Waals surface area contributed by atoms with Gasteiger partial charge in [0.2, 0.25) is 15.9 Å². The Labute approximate surface area is 204 Å². The molecule has 3 aromatic carbocycles. The molecular formula is C26H26N2O6S. The van der Waals surface area contributed by atoms with Crippen molar-refractivity contribution in [2.24, 2.45) is 0 Å². The van der Waals surface area contributed by atoms with E-state index in [1.807, 2.05) is 30.3 Å². The van der Waals surface area contributed by atoms with Crippen LogP contribution in [0.5, 0.6) is 17.2 Å². The Bertz CT molecular complexity index is 1300. The number of carbonyl (C=O) groups is 1. The number of anilines is 1. The van der Waals surface area contributed by atoms with Gasteiger partial charge in [-0.05, 0) is 54.8 Å². The van der Waals surface area contributed by atoms with Crippen LogP contribution in [-0.2, 0) is 21.4 Å². The van der Waals surface area contributed by atoms with E-state index in [9.17, 15) is 13.2 Å². The molecule has 1 N–H and O–H groups in total. The largest absolute Gasteiger partial charge is 0.489 e. The lowest BCUT2D eigenvalue weighted by molar-refractivity contribution is -0.119. The quantitative estimate of drug-likeness (QED) is 0.537. The second-order valence-corrected chi connectivity index (χ2v) is 10.3. The average Bonchev–Trinajstić information content (AvgIpc) is 3.40. The van der Waals surface area contributed by atoms with Crippen LogP contribution in [-0.4, -0.2) is 44.4 Å². The number of nitrogens with one attached hydrogen (secondary N) is 1. The second kappa shape index (κ2) is 9.97. The molecule has 1 saturated heterocycles. The molecule has 0 aliphatic carbocycles. The lowest BCUT2D eigenvalue weighted by atomic mass is 10.2. The van der Waals surface area contributed by atoms with Gasteiger partial charge in [0.1, 0.15) is 31.6 Å². The Kier molecular flexibility index (Phi) is 6.61. The van der Waals surface area contributed by atoms with E-state index in [0.29, 0.717) is 55.6 Å². The minimum absolute atomic E-state index is 0.0846. The van der Waals surface area contributed by atoms with Crippen LogP contribution in [0.25, 0.3) is 0 Å². The third-order valence-corrected chi connectivity index (χ3v) is 7.90. The van der Waals surface area contributed by atoms with Crippen LogP contribution < -0.4 is 19.5 Å². The predicted molar refractivity (Wildman–Crippen MR) is 130 cm³/mol. The summed E-state index contributed by atoms with van der Waals surface area (Å²) in [5.41, 5.74) is 1.64. The zero-order chi connectivity index (χ0) is 24.3. The Morgan fingerprint density at radius 3 is 2.49 bits per heavy atom.